The average Bonchev–Trinajstić information content (AvgIpc) is 3.30. The molecule has 1 atom stereocenters. The molecule has 0 spiro atoms. The van der Waals surface area contributed by atoms with Crippen LogP contribution in [0.4, 0.5) is 17.1 Å². The topological polar surface area (TPSA) is 75.1 Å². The highest BCUT2D eigenvalue weighted by Gasteiger charge is 2.41. The van der Waals surface area contributed by atoms with E-state index in [2.05, 4.69) is 60.5 Å². The first-order chi connectivity index (χ1) is 16.0. The summed E-state index contributed by atoms with van der Waals surface area (Å²) in [4.78, 5) is 13.3. The molecule has 3 aromatic rings. The summed E-state index contributed by atoms with van der Waals surface area (Å²) in [5, 5.41) is 11.5. The molecule has 0 unspecified atom stereocenters. The molecule has 2 aromatic carbocycles. The molecule has 0 bridgehead atoms. The molecule has 0 radical (unpaired) electrons. The molecule has 0 saturated carbocycles. The van der Waals surface area contributed by atoms with Crippen LogP contribution in [0.2, 0.25) is 0 Å². The van der Waals surface area contributed by atoms with Crippen LogP contribution in [0.15, 0.2) is 75.3 Å². The minimum absolute atomic E-state index is 0.0233. The van der Waals surface area contributed by atoms with Crippen molar-refractivity contribution in [3.63, 3.8) is 0 Å². The third kappa shape index (κ3) is 3.89. The van der Waals surface area contributed by atoms with Gasteiger partial charge in [0.05, 0.1) is 10.6 Å². The Hall–Kier alpha value is -3.15. The number of non-ortho nitro benzene ring substituents is 1. The van der Waals surface area contributed by atoms with Crippen LogP contribution < -0.4 is 10.4 Å². The lowest BCUT2D eigenvalue weighted by atomic mass is 9.84. The number of nitro groups is 1. The summed E-state index contributed by atoms with van der Waals surface area (Å²) < 4.78 is 13.6. The maximum atomic E-state index is 11.5. The molecule has 7 nitrogen and oxygen atoms in total. The highest BCUT2D eigenvalue weighted by atomic mass is 31.2. The van der Waals surface area contributed by atoms with Crippen LogP contribution in [0.25, 0.3) is 0 Å². The molecule has 0 N–H and O–H groups in total. The second kappa shape index (κ2) is 8.57. The SMILES string of the molecule is Cc1ccc([P@](/C=C2/N(C)c3ccccc3C2(C)C)(=Nc2cc([N+](=O)[O-])ccc2C)N(C)C)o1. The molecular formula is C26H31N4O3P. The van der Waals surface area contributed by atoms with E-state index in [1.54, 1.807) is 12.1 Å². The Labute approximate surface area is 201 Å². The third-order valence-electron chi connectivity index (χ3n) is 6.57. The van der Waals surface area contributed by atoms with Crippen molar-refractivity contribution in [2.24, 2.45) is 4.74 Å². The molecule has 0 amide bonds. The number of furan rings is 1. The summed E-state index contributed by atoms with van der Waals surface area (Å²) in [7, 11) is 3.44. The molecule has 0 fully saturated rings. The van der Waals surface area contributed by atoms with Gasteiger partial charge in [0, 0.05) is 36.0 Å². The van der Waals surface area contributed by atoms with Gasteiger partial charge in [-0.05, 0) is 63.1 Å². The van der Waals surface area contributed by atoms with Crippen molar-refractivity contribution < 1.29 is 9.34 Å². The van der Waals surface area contributed by atoms with E-state index in [9.17, 15) is 10.1 Å². The summed E-state index contributed by atoms with van der Waals surface area (Å²) in [5.74, 6) is 3.04. The van der Waals surface area contributed by atoms with Gasteiger partial charge in [-0.15, -0.1) is 0 Å². The lowest BCUT2D eigenvalue weighted by molar-refractivity contribution is -0.384. The van der Waals surface area contributed by atoms with Crippen molar-refractivity contribution in [2.45, 2.75) is 33.1 Å². The van der Waals surface area contributed by atoms with Crippen molar-refractivity contribution in [1.82, 2.24) is 4.67 Å². The van der Waals surface area contributed by atoms with Gasteiger partial charge in [0.2, 0.25) is 0 Å². The van der Waals surface area contributed by atoms with Gasteiger partial charge < -0.3 is 9.32 Å². The first-order valence-corrected chi connectivity index (χ1v) is 12.9. The van der Waals surface area contributed by atoms with E-state index in [-0.39, 0.29) is 16.0 Å². The van der Waals surface area contributed by atoms with E-state index in [4.69, 9.17) is 9.16 Å². The summed E-state index contributed by atoms with van der Waals surface area (Å²) >= 11 is 0. The van der Waals surface area contributed by atoms with Gasteiger partial charge in [-0.25, -0.2) is 4.74 Å². The number of benzene rings is 2. The van der Waals surface area contributed by atoms with Crippen LogP contribution in [0.3, 0.4) is 0 Å². The highest BCUT2D eigenvalue weighted by molar-refractivity contribution is 7.74. The normalized spacial score (nSPS) is 17.6. The summed E-state index contributed by atoms with van der Waals surface area (Å²) in [6, 6.07) is 17.2. The molecule has 1 aliphatic rings. The number of aryl methyl sites for hydroxylation is 2. The molecule has 34 heavy (non-hydrogen) atoms. The van der Waals surface area contributed by atoms with Gasteiger partial charge >= 0.3 is 0 Å². The van der Waals surface area contributed by atoms with E-state index in [1.807, 2.05) is 40.1 Å². The first-order valence-electron chi connectivity index (χ1n) is 11.2. The Morgan fingerprint density at radius 1 is 1.12 bits per heavy atom. The van der Waals surface area contributed by atoms with E-state index < -0.39 is 7.21 Å². The zero-order valence-corrected chi connectivity index (χ0v) is 21.6. The molecule has 2 heterocycles. The predicted octanol–water partition coefficient (Wildman–Crippen LogP) is 6.71. The van der Waals surface area contributed by atoms with Crippen molar-refractivity contribution >= 4 is 29.8 Å². The van der Waals surface area contributed by atoms with E-state index in [0.717, 1.165) is 28.2 Å². The molecule has 178 valence electrons. The van der Waals surface area contributed by atoms with E-state index in [0.29, 0.717) is 5.69 Å². The smallest absolute Gasteiger partial charge is 0.271 e. The van der Waals surface area contributed by atoms with Crippen molar-refractivity contribution in [3.05, 3.63) is 93.1 Å². The molecule has 1 aliphatic heterocycles. The Balaban J connectivity index is 2.06. The van der Waals surface area contributed by atoms with Crippen LogP contribution in [0.1, 0.15) is 30.7 Å². The fourth-order valence-corrected chi connectivity index (χ4v) is 7.57. The van der Waals surface area contributed by atoms with E-state index in [1.165, 1.54) is 11.6 Å². The van der Waals surface area contributed by atoms with Crippen LogP contribution in [-0.2, 0) is 5.41 Å². The van der Waals surface area contributed by atoms with Gasteiger partial charge in [-0.1, -0.05) is 38.1 Å². The monoisotopic (exact) mass is 478 g/mol. The van der Waals surface area contributed by atoms with Crippen LogP contribution in [0.5, 0.6) is 0 Å². The van der Waals surface area contributed by atoms with Crippen molar-refractivity contribution in [2.75, 3.05) is 26.0 Å². The lowest BCUT2D eigenvalue weighted by Crippen LogP contribution is -2.25. The Bertz CT molecular complexity index is 1350. The van der Waals surface area contributed by atoms with Gasteiger partial charge in [0.1, 0.15) is 13.0 Å². The fourth-order valence-electron chi connectivity index (χ4n) is 4.53. The van der Waals surface area contributed by atoms with Gasteiger partial charge in [-0.2, -0.15) is 0 Å². The fraction of sp³-hybridized carbons (Fsp3) is 0.308. The average molecular weight is 479 g/mol. The number of para-hydroxylation sites is 1. The lowest BCUT2D eigenvalue weighted by Gasteiger charge is -2.31. The number of hydrogen-bond donors (Lipinski definition) is 0. The molecule has 4 rings (SSSR count). The molecule has 8 heteroatoms. The molecule has 0 saturated heterocycles. The third-order valence-corrected chi connectivity index (χ3v) is 9.80. The minimum atomic E-state index is -2.63. The summed E-state index contributed by atoms with van der Waals surface area (Å²) in [6.07, 6.45) is 0. The van der Waals surface area contributed by atoms with Crippen LogP contribution >= 0.6 is 7.21 Å². The number of hydrogen-bond acceptors (Lipinski definition) is 5. The predicted molar refractivity (Wildman–Crippen MR) is 140 cm³/mol. The largest absolute Gasteiger partial charge is 0.459 e. The van der Waals surface area contributed by atoms with Gasteiger partial charge in [0.25, 0.3) is 5.69 Å². The second-order valence-corrected chi connectivity index (χ2v) is 12.4. The zero-order chi connectivity index (χ0) is 24.8. The van der Waals surface area contributed by atoms with Gasteiger partial charge in [-0.3, -0.25) is 14.8 Å². The number of rotatable bonds is 5. The second-order valence-electron chi connectivity index (χ2n) is 9.42. The molecule has 1 aromatic heterocycles. The Morgan fingerprint density at radius 2 is 1.82 bits per heavy atom. The molecule has 0 aliphatic carbocycles. The molecular weight excluding hydrogens is 447 g/mol. The summed E-state index contributed by atoms with van der Waals surface area (Å²) in [5.41, 5.74) is 5.54. The van der Waals surface area contributed by atoms with Gasteiger partial charge in [0.15, 0.2) is 5.50 Å². The van der Waals surface area contributed by atoms with Crippen molar-refractivity contribution in [1.29, 1.82) is 0 Å². The number of nitrogens with zero attached hydrogens (tertiary/aromatic N) is 4. The van der Waals surface area contributed by atoms with Crippen molar-refractivity contribution in [3.8, 4) is 0 Å². The number of fused-ring (bicyclic) bond motifs is 1. The minimum Gasteiger partial charge on any atom is -0.459 e. The first kappa shape index (κ1) is 24.0. The highest BCUT2D eigenvalue weighted by Crippen LogP contribution is 2.59. The number of nitro benzene ring substituents is 1. The number of likely N-dealkylation sites (N-methyl/N-ethyl adjacent to an activating group) is 1. The van der Waals surface area contributed by atoms with E-state index >= 15 is 0 Å². The standard InChI is InChI=1S/C26H31N4O3P/c1-18-12-14-20(30(31)32)16-22(18)27-34(28(5)6,25-15-13-19(2)33-25)17-24-26(3,4)21-10-8-9-11-23(21)29(24)7/h8-17H,1-7H3/b24-17+/t34-/m1/s1. The number of anilines is 1. The maximum Gasteiger partial charge on any atom is 0.271 e. The maximum absolute atomic E-state index is 11.5. The number of allylic oxidation sites excluding steroid dienone is 1. The van der Waals surface area contributed by atoms with Crippen LogP contribution in [-0.4, -0.2) is 30.7 Å². The Kier molecular flexibility index (Phi) is 6.05. The summed E-state index contributed by atoms with van der Waals surface area (Å²) in [6.45, 7) is 8.28. The van der Waals surface area contributed by atoms with Crippen LogP contribution in [0, 0.1) is 24.0 Å². The zero-order valence-electron chi connectivity index (χ0n) is 20.7. The Morgan fingerprint density at radius 3 is 2.41 bits per heavy atom. The quantitative estimate of drug-likeness (QED) is 0.231.